The fraction of sp³-hybridized carbons (Fsp3) is 0.909. The predicted molar refractivity (Wildman–Crippen MR) is 52.7 cm³/mol. The first-order chi connectivity index (χ1) is 6.18. The van der Waals surface area contributed by atoms with Crippen LogP contribution in [0, 0.1) is 5.41 Å². The molecule has 2 nitrogen and oxygen atoms in total. The van der Waals surface area contributed by atoms with Gasteiger partial charge in [-0.1, -0.05) is 13.3 Å². The Morgan fingerprint density at radius 2 is 2.23 bits per heavy atom. The molecule has 1 saturated heterocycles. The second-order valence-electron chi connectivity index (χ2n) is 4.25. The van der Waals surface area contributed by atoms with Crippen LogP contribution in [0.3, 0.4) is 0 Å². The van der Waals surface area contributed by atoms with Crippen molar-refractivity contribution in [2.75, 3.05) is 13.2 Å². The van der Waals surface area contributed by atoms with E-state index in [-0.39, 0.29) is 0 Å². The molecule has 1 fully saturated rings. The average molecular weight is 184 g/mol. The number of rotatable bonds is 5. The molecule has 1 aliphatic rings. The van der Waals surface area contributed by atoms with Crippen LogP contribution in [-0.2, 0) is 9.53 Å². The largest absolute Gasteiger partial charge is 0.381 e. The summed E-state index contributed by atoms with van der Waals surface area (Å²) in [5, 5.41) is 0. The van der Waals surface area contributed by atoms with Crippen LogP contribution in [0.2, 0.25) is 0 Å². The molecule has 1 unspecified atom stereocenters. The van der Waals surface area contributed by atoms with Crippen molar-refractivity contribution in [3.8, 4) is 0 Å². The Hall–Kier alpha value is -0.370. The minimum absolute atomic E-state index is 0.308. The van der Waals surface area contributed by atoms with Crippen molar-refractivity contribution < 1.29 is 9.53 Å². The molecule has 0 spiro atoms. The van der Waals surface area contributed by atoms with Crippen molar-refractivity contribution in [2.24, 2.45) is 5.41 Å². The van der Waals surface area contributed by atoms with E-state index >= 15 is 0 Å². The molecule has 0 amide bonds. The zero-order chi connectivity index (χ0) is 9.73. The molecular formula is C11H20O2. The van der Waals surface area contributed by atoms with Gasteiger partial charge in [0, 0.05) is 13.0 Å². The van der Waals surface area contributed by atoms with E-state index in [4.69, 9.17) is 4.74 Å². The van der Waals surface area contributed by atoms with E-state index in [2.05, 4.69) is 6.92 Å². The molecule has 1 aliphatic heterocycles. The molecule has 0 bridgehead atoms. The lowest BCUT2D eigenvalue weighted by atomic mass is 9.78. The van der Waals surface area contributed by atoms with Crippen molar-refractivity contribution in [2.45, 2.75) is 46.0 Å². The van der Waals surface area contributed by atoms with E-state index in [0.29, 0.717) is 11.2 Å². The van der Waals surface area contributed by atoms with Crippen LogP contribution in [0.25, 0.3) is 0 Å². The molecule has 1 rings (SSSR count). The summed E-state index contributed by atoms with van der Waals surface area (Å²) in [6, 6.07) is 0. The molecule has 76 valence electrons. The van der Waals surface area contributed by atoms with Crippen molar-refractivity contribution in [1.29, 1.82) is 0 Å². The molecule has 0 aromatic carbocycles. The predicted octanol–water partition coefficient (Wildman–Crippen LogP) is 2.56. The van der Waals surface area contributed by atoms with E-state index in [1.165, 1.54) is 12.8 Å². The molecule has 0 saturated carbocycles. The van der Waals surface area contributed by atoms with Crippen LogP contribution in [0.1, 0.15) is 46.0 Å². The normalized spacial score (nSPS) is 27.8. The van der Waals surface area contributed by atoms with Gasteiger partial charge in [-0.3, -0.25) is 0 Å². The van der Waals surface area contributed by atoms with Crippen molar-refractivity contribution >= 4 is 5.78 Å². The first-order valence-corrected chi connectivity index (χ1v) is 5.26. The molecule has 2 heteroatoms. The van der Waals surface area contributed by atoms with Gasteiger partial charge in [-0.05, 0) is 31.6 Å². The Balaban J connectivity index is 2.41. The summed E-state index contributed by atoms with van der Waals surface area (Å²) in [5.74, 6) is 0.308. The molecule has 0 aromatic heterocycles. The van der Waals surface area contributed by atoms with Crippen LogP contribution in [0.4, 0.5) is 0 Å². The van der Waals surface area contributed by atoms with Crippen molar-refractivity contribution in [1.82, 2.24) is 0 Å². The third-order valence-electron chi connectivity index (χ3n) is 2.97. The van der Waals surface area contributed by atoms with Gasteiger partial charge in [0.2, 0.25) is 0 Å². The number of ether oxygens (including phenoxy) is 1. The first-order valence-electron chi connectivity index (χ1n) is 5.26. The second-order valence-corrected chi connectivity index (χ2v) is 4.25. The number of hydrogen-bond acceptors (Lipinski definition) is 2. The highest BCUT2D eigenvalue weighted by Crippen LogP contribution is 2.38. The summed E-state index contributed by atoms with van der Waals surface area (Å²) >= 11 is 0. The van der Waals surface area contributed by atoms with Gasteiger partial charge in [0.05, 0.1) is 6.61 Å². The van der Waals surface area contributed by atoms with Gasteiger partial charge in [-0.25, -0.2) is 0 Å². The van der Waals surface area contributed by atoms with E-state index in [1.54, 1.807) is 6.92 Å². The monoisotopic (exact) mass is 184 g/mol. The Kier molecular flexibility index (Phi) is 3.91. The second kappa shape index (κ2) is 4.75. The number of carbonyl (C=O) groups is 1. The van der Waals surface area contributed by atoms with Gasteiger partial charge in [0.25, 0.3) is 0 Å². The van der Waals surface area contributed by atoms with Crippen molar-refractivity contribution in [3.05, 3.63) is 0 Å². The highest BCUT2D eigenvalue weighted by molar-refractivity contribution is 5.75. The van der Waals surface area contributed by atoms with Crippen LogP contribution in [0.5, 0.6) is 0 Å². The van der Waals surface area contributed by atoms with Crippen LogP contribution >= 0.6 is 0 Å². The summed E-state index contributed by atoms with van der Waals surface area (Å²) in [6.45, 7) is 5.63. The van der Waals surface area contributed by atoms with E-state index in [1.807, 2.05) is 0 Å². The van der Waals surface area contributed by atoms with Gasteiger partial charge < -0.3 is 9.53 Å². The van der Waals surface area contributed by atoms with Gasteiger partial charge in [0.1, 0.15) is 5.78 Å². The van der Waals surface area contributed by atoms with Gasteiger partial charge in [0.15, 0.2) is 0 Å². The fourth-order valence-electron chi connectivity index (χ4n) is 2.14. The molecule has 0 aliphatic carbocycles. The Morgan fingerprint density at radius 3 is 2.69 bits per heavy atom. The maximum atomic E-state index is 10.9. The fourth-order valence-corrected chi connectivity index (χ4v) is 2.14. The zero-order valence-corrected chi connectivity index (χ0v) is 8.77. The van der Waals surface area contributed by atoms with Crippen LogP contribution < -0.4 is 0 Å². The Labute approximate surface area is 80.7 Å². The van der Waals surface area contributed by atoms with E-state index in [9.17, 15) is 4.79 Å². The lowest BCUT2D eigenvalue weighted by Crippen LogP contribution is -2.21. The quantitative estimate of drug-likeness (QED) is 0.656. The molecule has 0 N–H and O–H groups in total. The number of ketones is 1. The minimum atomic E-state index is 0.308. The zero-order valence-electron chi connectivity index (χ0n) is 8.77. The lowest BCUT2D eigenvalue weighted by molar-refractivity contribution is -0.117. The summed E-state index contributed by atoms with van der Waals surface area (Å²) in [7, 11) is 0. The highest BCUT2D eigenvalue weighted by Gasteiger charge is 2.33. The number of hydrogen-bond donors (Lipinski definition) is 0. The minimum Gasteiger partial charge on any atom is -0.381 e. The highest BCUT2D eigenvalue weighted by atomic mass is 16.5. The molecular weight excluding hydrogens is 164 g/mol. The van der Waals surface area contributed by atoms with Gasteiger partial charge in [-0.15, -0.1) is 0 Å². The van der Waals surface area contributed by atoms with Crippen molar-refractivity contribution in [3.63, 3.8) is 0 Å². The van der Waals surface area contributed by atoms with Gasteiger partial charge >= 0.3 is 0 Å². The maximum absolute atomic E-state index is 10.9. The topological polar surface area (TPSA) is 26.3 Å². The number of carbonyl (C=O) groups excluding carboxylic acids is 1. The third kappa shape index (κ3) is 3.11. The molecule has 0 aromatic rings. The Morgan fingerprint density at radius 1 is 1.46 bits per heavy atom. The SMILES string of the molecule is CCCC1(CCC(C)=O)CCOC1. The standard InChI is InChI=1S/C11H20O2/c1-3-5-11(6-4-10(2)12)7-8-13-9-11/h3-9H2,1-2H3. The molecule has 13 heavy (non-hydrogen) atoms. The molecule has 1 heterocycles. The van der Waals surface area contributed by atoms with Crippen LogP contribution in [-0.4, -0.2) is 19.0 Å². The van der Waals surface area contributed by atoms with Gasteiger partial charge in [-0.2, -0.15) is 0 Å². The summed E-state index contributed by atoms with van der Waals surface area (Å²) < 4.78 is 5.43. The molecule has 1 atom stereocenters. The first kappa shape index (κ1) is 10.7. The summed E-state index contributed by atoms with van der Waals surface area (Å²) in [6.07, 6.45) is 5.30. The maximum Gasteiger partial charge on any atom is 0.129 e. The molecule has 0 radical (unpaired) electrons. The average Bonchev–Trinajstić information content (AvgIpc) is 2.51. The number of Topliss-reactive ketones (excluding diaryl/α,β-unsaturated/α-hetero) is 1. The van der Waals surface area contributed by atoms with E-state index in [0.717, 1.165) is 32.5 Å². The third-order valence-corrected chi connectivity index (χ3v) is 2.97. The summed E-state index contributed by atoms with van der Waals surface area (Å²) in [5.41, 5.74) is 0.334. The Bertz CT molecular complexity index is 169. The smallest absolute Gasteiger partial charge is 0.129 e. The van der Waals surface area contributed by atoms with Crippen LogP contribution in [0.15, 0.2) is 0 Å². The van der Waals surface area contributed by atoms with E-state index < -0.39 is 0 Å². The summed E-state index contributed by atoms with van der Waals surface area (Å²) in [4.78, 5) is 10.9. The lowest BCUT2D eigenvalue weighted by Gasteiger charge is -2.26.